The van der Waals surface area contributed by atoms with E-state index < -0.39 is 0 Å². The van der Waals surface area contributed by atoms with Gasteiger partial charge in [0.25, 0.3) is 0 Å². The fourth-order valence-corrected chi connectivity index (χ4v) is 5.30. The van der Waals surface area contributed by atoms with E-state index in [9.17, 15) is 9.59 Å². The molecule has 4 aromatic rings. The Morgan fingerprint density at radius 3 is 2.36 bits per heavy atom. The predicted molar refractivity (Wildman–Crippen MR) is 169 cm³/mol. The maximum Gasteiger partial charge on any atom is 0.323 e. The van der Waals surface area contributed by atoms with Crippen LogP contribution in [-0.4, -0.2) is 37.1 Å². The number of fused-ring (bicyclic) bond motifs is 1. The number of anilines is 2. The molecule has 1 aliphatic heterocycles. The van der Waals surface area contributed by atoms with Crippen molar-refractivity contribution in [1.29, 1.82) is 0 Å². The molecule has 0 unspecified atom stereocenters. The van der Waals surface area contributed by atoms with Crippen molar-refractivity contribution < 1.29 is 14.3 Å². The monoisotopic (exact) mass is 565 g/mol. The van der Waals surface area contributed by atoms with E-state index in [1.807, 2.05) is 72.9 Å². The van der Waals surface area contributed by atoms with E-state index in [0.717, 1.165) is 59.1 Å². The van der Waals surface area contributed by atoms with Crippen molar-refractivity contribution in [3.63, 3.8) is 0 Å². The van der Waals surface area contributed by atoms with Crippen molar-refractivity contribution in [2.75, 3.05) is 30.8 Å². The number of urea groups is 1. The Morgan fingerprint density at radius 1 is 0.929 bits per heavy atom. The lowest BCUT2D eigenvalue weighted by Gasteiger charge is -2.21. The summed E-state index contributed by atoms with van der Waals surface area (Å²) < 4.78 is 5.49. The molecule has 1 aromatic heterocycles. The van der Waals surface area contributed by atoms with E-state index >= 15 is 0 Å². The van der Waals surface area contributed by atoms with Crippen LogP contribution in [0.15, 0.2) is 72.9 Å². The van der Waals surface area contributed by atoms with Crippen LogP contribution in [0.25, 0.3) is 21.9 Å². The van der Waals surface area contributed by atoms with Crippen LogP contribution in [0.1, 0.15) is 44.9 Å². The molecule has 218 valence electrons. The van der Waals surface area contributed by atoms with Gasteiger partial charge in [-0.2, -0.15) is 0 Å². The van der Waals surface area contributed by atoms with Crippen molar-refractivity contribution in [2.24, 2.45) is 5.92 Å². The number of hydrogen-bond acceptors (Lipinski definition) is 5. The van der Waals surface area contributed by atoms with E-state index in [1.54, 1.807) is 7.11 Å². The van der Waals surface area contributed by atoms with Gasteiger partial charge in [-0.05, 0) is 72.1 Å². The summed E-state index contributed by atoms with van der Waals surface area (Å²) >= 11 is 0. The van der Waals surface area contributed by atoms with Crippen LogP contribution in [0.2, 0.25) is 0 Å². The van der Waals surface area contributed by atoms with Gasteiger partial charge in [0, 0.05) is 23.1 Å². The third-order valence-corrected chi connectivity index (χ3v) is 7.78. The predicted octanol–water partition coefficient (Wildman–Crippen LogP) is 6.47. The molecule has 8 heteroatoms. The molecule has 1 fully saturated rings. The number of carbonyl (C=O) groups is 2. The zero-order valence-electron chi connectivity index (χ0n) is 24.7. The fraction of sp³-hybridized carbons (Fsp3) is 0.324. The summed E-state index contributed by atoms with van der Waals surface area (Å²) in [4.78, 5) is 30.3. The molecule has 5 rings (SSSR count). The number of nitrogens with one attached hydrogen (secondary N) is 4. The van der Waals surface area contributed by atoms with Gasteiger partial charge in [0.05, 0.1) is 30.7 Å². The molecular weight excluding hydrogens is 526 g/mol. The molecule has 0 saturated carbocycles. The number of rotatable bonds is 7. The molecule has 0 radical (unpaired) electrons. The van der Waals surface area contributed by atoms with E-state index in [-0.39, 0.29) is 23.3 Å². The first-order valence-electron chi connectivity index (χ1n) is 14.4. The van der Waals surface area contributed by atoms with Crippen molar-refractivity contribution in [2.45, 2.75) is 45.6 Å². The normalized spacial score (nSPS) is 13.9. The standard InChI is InChI=1S/C34H39N5O3/c1-34(2,3)24-10-14-31(42-4)30(19-24)39-33(41)38-29-13-12-26(27-7-5-6-8-28(27)29)23-9-11-25(36-20-23)21-37-32(40)22-15-17-35-18-16-22/h5-14,19-20,22,35H,15-18,21H2,1-4H3,(H,37,40)(H2,38,39,41). The summed E-state index contributed by atoms with van der Waals surface area (Å²) in [6.45, 7) is 8.57. The van der Waals surface area contributed by atoms with Crippen LogP contribution in [0, 0.1) is 5.92 Å². The lowest BCUT2D eigenvalue weighted by molar-refractivity contribution is -0.125. The maximum atomic E-state index is 13.1. The third-order valence-electron chi connectivity index (χ3n) is 7.78. The fourth-order valence-electron chi connectivity index (χ4n) is 5.30. The zero-order valence-corrected chi connectivity index (χ0v) is 24.7. The van der Waals surface area contributed by atoms with Gasteiger partial charge in [0.15, 0.2) is 0 Å². The van der Waals surface area contributed by atoms with Crippen molar-refractivity contribution in [3.8, 4) is 16.9 Å². The van der Waals surface area contributed by atoms with E-state index in [1.165, 1.54) is 0 Å². The Hall–Kier alpha value is -4.43. The molecule has 42 heavy (non-hydrogen) atoms. The minimum Gasteiger partial charge on any atom is -0.495 e. The number of piperidine rings is 1. The Kier molecular flexibility index (Phi) is 8.73. The summed E-state index contributed by atoms with van der Waals surface area (Å²) in [7, 11) is 1.59. The highest BCUT2D eigenvalue weighted by Crippen LogP contribution is 2.34. The SMILES string of the molecule is COc1ccc(C(C)(C)C)cc1NC(=O)Nc1ccc(-c2ccc(CNC(=O)C3CCNCC3)nc2)c2ccccc12. The first kappa shape index (κ1) is 29.1. The summed E-state index contributed by atoms with van der Waals surface area (Å²) in [5.41, 5.74) is 5.11. The van der Waals surface area contributed by atoms with E-state index in [2.05, 4.69) is 47.0 Å². The molecule has 8 nitrogen and oxygen atoms in total. The lowest BCUT2D eigenvalue weighted by Crippen LogP contribution is -2.37. The zero-order chi connectivity index (χ0) is 29.7. The van der Waals surface area contributed by atoms with Crippen LogP contribution in [0.5, 0.6) is 5.75 Å². The smallest absolute Gasteiger partial charge is 0.323 e. The Labute approximate surface area is 247 Å². The second kappa shape index (κ2) is 12.6. The van der Waals surface area contributed by atoms with Crippen LogP contribution in [-0.2, 0) is 16.8 Å². The van der Waals surface area contributed by atoms with Crippen LogP contribution < -0.4 is 26.0 Å². The van der Waals surface area contributed by atoms with Gasteiger partial charge in [0.1, 0.15) is 5.75 Å². The average Bonchev–Trinajstić information content (AvgIpc) is 3.00. The molecule has 0 atom stereocenters. The second-order valence-electron chi connectivity index (χ2n) is 11.7. The second-order valence-corrected chi connectivity index (χ2v) is 11.7. The van der Waals surface area contributed by atoms with Gasteiger partial charge in [0.2, 0.25) is 5.91 Å². The van der Waals surface area contributed by atoms with Gasteiger partial charge < -0.3 is 26.0 Å². The molecule has 0 spiro atoms. The number of hydrogen-bond donors (Lipinski definition) is 4. The van der Waals surface area contributed by atoms with Crippen LogP contribution in [0.3, 0.4) is 0 Å². The van der Waals surface area contributed by atoms with Crippen molar-refractivity contribution >= 4 is 34.1 Å². The van der Waals surface area contributed by atoms with Gasteiger partial charge in [-0.3, -0.25) is 9.78 Å². The van der Waals surface area contributed by atoms with E-state index in [4.69, 9.17) is 4.74 Å². The summed E-state index contributed by atoms with van der Waals surface area (Å²) in [5, 5.41) is 14.2. The number of carbonyl (C=O) groups excluding carboxylic acids is 2. The molecule has 3 amide bonds. The number of nitrogens with zero attached hydrogens (tertiary/aromatic N) is 1. The van der Waals surface area contributed by atoms with Gasteiger partial charge in [-0.15, -0.1) is 0 Å². The highest BCUT2D eigenvalue weighted by Gasteiger charge is 2.21. The Morgan fingerprint density at radius 2 is 1.67 bits per heavy atom. The lowest BCUT2D eigenvalue weighted by atomic mass is 9.87. The molecule has 4 N–H and O–H groups in total. The molecule has 0 aliphatic carbocycles. The molecule has 1 saturated heterocycles. The van der Waals surface area contributed by atoms with Crippen LogP contribution in [0.4, 0.5) is 16.2 Å². The summed E-state index contributed by atoms with van der Waals surface area (Å²) in [6, 6.07) is 21.3. The topological polar surface area (TPSA) is 104 Å². The van der Waals surface area contributed by atoms with Gasteiger partial charge in [-0.1, -0.05) is 63.2 Å². The van der Waals surface area contributed by atoms with Gasteiger partial charge >= 0.3 is 6.03 Å². The Balaban J connectivity index is 1.31. The third kappa shape index (κ3) is 6.71. The van der Waals surface area contributed by atoms with E-state index in [0.29, 0.717) is 23.7 Å². The minimum atomic E-state index is -0.352. The number of aromatic nitrogens is 1. The highest BCUT2D eigenvalue weighted by molar-refractivity contribution is 6.10. The maximum absolute atomic E-state index is 13.1. The largest absolute Gasteiger partial charge is 0.495 e. The van der Waals surface area contributed by atoms with Crippen molar-refractivity contribution in [3.05, 3.63) is 84.2 Å². The Bertz CT molecular complexity index is 1570. The number of benzene rings is 3. The molecular formula is C34H39N5O3. The average molecular weight is 566 g/mol. The summed E-state index contributed by atoms with van der Waals surface area (Å²) in [6.07, 6.45) is 3.58. The number of pyridine rings is 1. The van der Waals surface area contributed by atoms with Gasteiger partial charge in [-0.25, -0.2) is 4.79 Å². The van der Waals surface area contributed by atoms with Crippen molar-refractivity contribution in [1.82, 2.24) is 15.6 Å². The van der Waals surface area contributed by atoms with Crippen LogP contribution >= 0.6 is 0 Å². The number of ether oxygens (including phenoxy) is 1. The molecule has 0 bridgehead atoms. The minimum absolute atomic E-state index is 0.0704. The molecule has 3 aromatic carbocycles. The number of methoxy groups -OCH3 is 1. The molecule has 2 heterocycles. The molecule has 1 aliphatic rings. The first-order chi connectivity index (χ1) is 20.2. The first-order valence-corrected chi connectivity index (χ1v) is 14.4. The summed E-state index contributed by atoms with van der Waals surface area (Å²) in [5.74, 6) is 0.766. The quantitative estimate of drug-likeness (QED) is 0.206. The number of amides is 3. The highest BCUT2D eigenvalue weighted by atomic mass is 16.5.